The Morgan fingerprint density at radius 2 is 1.72 bits per heavy atom. The molecular weight excluding hydrogens is 230 g/mol. The molecule has 0 radical (unpaired) electrons. The maximum Gasteiger partial charge on any atom is 0.303 e. The first-order chi connectivity index (χ1) is 8.56. The summed E-state index contributed by atoms with van der Waals surface area (Å²) < 4.78 is 0. The van der Waals surface area contributed by atoms with Crippen LogP contribution in [0.3, 0.4) is 0 Å². The van der Waals surface area contributed by atoms with E-state index < -0.39 is 5.97 Å². The Hall–Kier alpha value is -1.06. The zero-order valence-corrected chi connectivity index (χ0v) is 11.4. The molecule has 1 amide bonds. The van der Waals surface area contributed by atoms with Crippen molar-refractivity contribution < 1.29 is 14.7 Å². The molecule has 1 aliphatic carbocycles. The average molecular weight is 255 g/mol. The average Bonchev–Trinajstić information content (AvgIpc) is 2.32. The van der Waals surface area contributed by atoms with E-state index in [1.807, 2.05) is 13.8 Å². The first-order valence-corrected chi connectivity index (χ1v) is 7.08. The van der Waals surface area contributed by atoms with Gasteiger partial charge in [0.05, 0.1) is 0 Å². The number of rotatable bonds is 6. The standard InChI is InChI=1S/C14H25NO3/c1-3-11(4-2)14(18)15-12-7-5-10(6-8-12)9-13(16)17/h10-12H,3-9H2,1-2H3,(H,15,18)(H,16,17). The smallest absolute Gasteiger partial charge is 0.303 e. The van der Waals surface area contributed by atoms with Crippen molar-refractivity contribution in [2.24, 2.45) is 11.8 Å². The van der Waals surface area contributed by atoms with Crippen LogP contribution in [0.5, 0.6) is 0 Å². The van der Waals surface area contributed by atoms with Crippen molar-refractivity contribution in [2.45, 2.75) is 64.8 Å². The van der Waals surface area contributed by atoms with E-state index >= 15 is 0 Å². The van der Waals surface area contributed by atoms with Crippen molar-refractivity contribution in [3.05, 3.63) is 0 Å². The molecule has 0 heterocycles. The molecule has 18 heavy (non-hydrogen) atoms. The van der Waals surface area contributed by atoms with Gasteiger partial charge in [-0.2, -0.15) is 0 Å². The molecule has 0 atom stereocenters. The number of aliphatic carboxylic acids is 1. The predicted octanol–water partition coefficient (Wildman–Crippen LogP) is 2.57. The van der Waals surface area contributed by atoms with Crippen LogP contribution < -0.4 is 5.32 Å². The normalized spacial score (nSPS) is 23.9. The van der Waals surface area contributed by atoms with E-state index in [0.717, 1.165) is 38.5 Å². The fraction of sp³-hybridized carbons (Fsp3) is 0.857. The summed E-state index contributed by atoms with van der Waals surface area (Å²) in [6, 6.07) is 0.253. The Kier molecular flexibility index (Phi) is 6.16. The Balaban J connectivity index is 2.31. The van der Waals surface area contributed by atoms with Gasteiger partial charge in [0, 0.05) is 18.4 Å². The Labute approximate surface area is 109 Å². The van der Waals surface area contributed by atoms with Crippen LogP contribution in [-0.4, -0.2) is 23.0 Å². The van der Waals surface area contributed by atoms with Gasteiger partial charge in [0.2, 0.25) is 5.91 Å². The van der Waals surface area contributed by atoms with Gasteiger partial charge in [-0.1, -0.05) is 13.8 Å². The van der Waals surface area contributed by atoms with Crippen LogP contribution in [0.2, 0.25) is 0 Å². The molecule has 1 rings (SSSR count). The van der Waals surface area contributed by atoms with Gasteiger partial charge in [0.1, 0.15) is 0 Å². The minimum atomic E-state index is -0.709. The fourth-order valence-corrected chi connectivity index (χ4v) is 2.74. The summed E-state index contributed by atoms with van der Waals surface area (Å²) in [5.74, 6) is -0.119. The molecule has 0 unspecified atom stereocenters. The van der Waals surface area contributed by atoms with Crippen molar-refractivity contribution >= 4 is 11.9 Å². The highest BCUT2D eigenvalue weighted by atomic mass is 16.4. The summed E-state index contributed by atoms with van der Waals surface area (Å²) in [5.41, 5.74) is 0. The van der Waals surface area contributed by atoms with Gasteiger partial charge in [-0.25, -0.2) is 0 Å². The summed E-state index contributed by atoms with van der Waals surface area (Å²) in [7, 11) is 0. The molecule has 104 valence electrons. The highest BCUT2D eigenvalue weighted by Crippen LogP contribution is 2.27. The molecule has 0 bridgehead atoms. The number of carboxylic acid groups (broad SMARTS) is 1. The van der Waals surface area contributed by atoms with E-state index in [4.69, 9.17) is 5.11 Å². The lowest BCUT2D eigenvalue weighted by Crippen LogP contribution is -2.40. The summed E-state index contributed by atoms with van der Waals surface area (Å²) in [5, 5.41) is 11.9. The third-order valence-corrected chi connectivity index (χ3v) is 4.01. The number of nitrogens with one attached hydrogen (secondary N) is 1. The monoisotopic (exact) mass is 255 g/mol. The highest BCUT2D eigenvalue weighted by molar-refractivity contribution is 5.78. The lowest BCUT2D eigenvalue weighted by Gasteiger charge is -2.29. The van der Waals surface area contributed by atoms with Crippen molar-refractivity contribution in [1.82, 2.24) is 5.32 Å². The minimum Gasteiger partial charge on any atom is -0.481 e. The number of carboxylic acids is 1. The van der Waals surface area contributed by atoms with Crippen molar-refractivity contribution in [3.63, 3.8) is 0 Å². The van der Waals surface area contributed by atoms with Crippen LogP contribution in [0.4, 0.5) is 0 Å². The van der Waals surface area contributed by atoms with Crippen molar-refractivity contribution in [1.29, 1.82) is 0 Å². The van der Waals surface area contributed by atoms with Gasteiger partial charge >= 0.3 is 5.97 Å². The van der Waals surface area contributed by atoms with Crippen LogP contribution in [0.15, 0.2) is 0 Å². The van der Waals surface area contributed by atoms with Gasteiger partial charge in [-0.05, 0) is 44.4 Å². The maximum absolute atomic E-state index is 11.9. The molecule has 0 aromatic heterocycles. The molecule has 1 fully saturated rings. The fourth-order valence-electron chi connectivity index (χ4n) is 2.74. The second-order valence-electron chi connectivity index (χ2n) is 5.34. The molecule has 0 aromatic rings. The summed E-state index contributed by atoms with van der Waals surface area (Å²) >= 11 is 0. The summed E-state index contributed by atoms with van der Waals surface area (Å²) in [4.78, 5) is 22.6. The minimum absolute atomic E-state index is 0.127. The van der Waals surface area contributed by atoms with E-state index in [1.54, 1.807) is 0 Å². The van der Waals surface area contributed by atoms with Crippen molar-refractivity contribution in [3.8, 4) is 0 Å². The summed E-state index contributed by atoms with van der Waals surface area (Å²) in [6.07, 6.45) is 5.72. The molecule has 0 spiro atoms. The number of hydrogen-bond acceptors (Lipinski definition) is 2. The van der Waals surface area contributed by atoms with Gasteiger partial charge in [-0.3, -0.25) is 9.59 Å². The van der Waals surface area contributed by atoms with Crippen LogP contribution >= 0.6 is 0 Å². The zero-order valence-electron chi connectivity index (χ0n) is 11.4. The molecule has 0 aromatic carbocycles. The molecular formula is C14H25NO3. The summed E-state index contributed by atoms with van der Waals surface area (Å²) in [6.45, 7) is 4.08. The molecule has 1 aliphatic rings. The number of carbonyl (C=O) groups excluding carboxylic acids is 1. The number of amides is 1. The third kappa shape index (κ3) is 4.67. The van der Waals surface area contributed by atoms with Gasteiger partial charge < -0.3 is 10.4 Å². The van der Waals surface area contributed by atoms with Gasteiger partial charge in [-0.15, -0.1) is 0 Å². The van der Waals surface area contributed by atoms with E-state index in [0.29, 0.717) is 5.92 Å². The van der Waals surface area contributed by atoms with E-state index in [1.165, 1.54) is 0 Å². The Bertz CT molecular complexity index is 279. The quantitative estimate of drug-likeness (QED) is 0.766. The highest BCUT2D eigenvalue weighted by Gasteiger charge is 2.25. The SMILES string of the molecule is CCC(CC)C(=O)NC1CCC(CC(=O)O)CC1. The molecule has 4 nitrogen and oxygen atoms in total. The molecule has 0 aliphatic heterocycles. The zero-order chi connectivity index (χ0) is 13.5. The van der Waals surface area contributed by atoms with E-state index in [9.17, 15) is 9.59 Å². The van der Waals surface area contributed by atoms with Crippen LogP contribution in [0.1, 0.15) is 58.8 Å². The maximum atomic E-state index is 11.9. The number of hydrogen-bond donors (Lipinski definition) is 2. The predicted molar refractivity (Wildman–Crippen MR) is 70.2 cm³/mol. The van der Waals surface area contributed by atoms with Crippen LogP contribution in [0.25, 0.3) is 0 Å². The largest absolute Gasteiger partial charge is 0.481 e. The first kappa shape index (κ1) is 15.0. The lowest BCUT2D eigenvalue weighted by molar-refractivity contribution is -0.138. The van der Waals surface area contributed by atoms with E-state index in [2.05, 4.69) is 5.32 Å². The topological polar surface area (TPSA) is 66.4 Å². The van der Waals surface area contributed by atoms with Gasteiger partial charge in [0.15, 0.2) is 0 Å². The van der Waals surface area contributed by atoms with Crippen LogP contribution in [-0.2, 0) is 9.59 Å². The molecule has 2 N–H and O–H groups in total. The molecule has 1 saturated carbocycles. The Morgan fingerprint density at radius 3 is 2.17 bits per heavy atom. The number of carbonyl (C=O) groups is 2. The molecule has 0 saturated heterocycles. The first-order valence-electron chi connectivity index (χ1n) is 7.08. The second-order valence-corrected chi connectivity index (χ2v) is 5.34. The van der Waals surface area contributed by atoms with Crippen LogP contribution in [0, 0.1) is 11.8 Å². The van der Waals surface area contributed by atoms with E-state index in [-0.39, 0.29) is 24.3 Å². The lowest BCUT2D eigenvalue weighted by atomic mass is 9.84. The second kappa shape index (κ2) is 7.39. The van der Waals surface area contributed by atoms with Crippen molar-refractivity contribution in [2.75, 3.05) is 0 Å². The molecule has 4 heteroatoms. The Morgan fingerprint density at radius 1 is 1.17 bits per heavy atom. The third-order valence-electron chi connectivity index (χ3n) is 4.01. The van der Waals surface area contributed by atoms with Gasteiger partial charge in [0.25, 0.3) is 0 Å².